The summed E-state index contributed by atoms with van der Waals surface area (Å²) in [4.78, 5) is 17.9. The molecule has 1 saturated heterocycles. The van der Waals surface area contributed by atoms with Crippen molar-refractivity contribution in [2.24, 2.45) is 0 Å². The highest BCUT2D eigenvalue weighted by atomic mass is 35.5. The summed E-state index contributed by atoms with van der Waals surface area (Å²) in [6.45, 7) is 7.73. The molecule has 0 spiro atoms. The van der Waals surface area contributed by atoms with Gasteiger partial charge in [-0.2, -0.15) is 5.26 Å². The van der Waals surface area contributed by atoms with Gasteiger partial charge in [0.15, 0.2) is 0 Å². The number of aromatic amines is 1. The second-order valence-corrected chi connectivity index (χ2v) is 13.8. The van der Waals surface area contributed by atoms with Crippen LogP contribution in [0.15, 0.2) is 67.0 Å². The van der Waals surface area contributed by atoms with Crippen LogP contribution in [0.2, 0.25) is 10.0 Å². The molecule has 3 aromatic carbocycles. The van der Waals surface area contributed by atoms with Crippen LogP contribution in [0.5, 0.6) is 17.2 Å². The zero-order chi connectivity index (χ0) is 37.9. The molecule has 5 aromatic rings. The fourth-order valence-electron chi connectivity index (χ4n) is 6.34. The molecular weight excluding hydrogens is 729 g/mol. The first-order valence-corrected chi connectivity index (χ1v) is 18.4. The van der Waals surface area contributed by atoms with Gasteiger partial charge in [-0.3, -0.25) is 9.78 Å². The first-order valence-electron chi connectivity index (χ1n) is 17.7. The highest BCUT2D eigenvalue weighted by Crippen LogP contribution is 2.39. The van der Waals surface area contributed by atoms with Gasteiger partial charge < -0.3 is 29.7 Å². The van der Waals surface area contributed by atoms with Crippen molar-refractivity contribution in [3.8, 4) is 34.4 Å². The number of benzene rings is 3. The van der Waals surface area contributed by atoms with Crippen molar-refractivity contribution in [2.75, 3.05) is 31.6 Å². The molecule has 280 valence electrons. The molecule has 15 heteroatoms. The zero-order valence-corrected chi connectivity index (χ0v) is 31.6. The summed E-state index contributed by atoms with van der Waals surface area (Å²) in [5.74, 6) is 2.03. The molecule has 13 nitrogen and oxygen atoms in total. The van der Waals surface area contributed by atoms with Crippen LogP contribution in [0, 0.1) is 18.3 Å². The second kappa shape index (κ2) is 18.6. The lowest BCUT2D eigenvalue weighted by atomic mass is 9.96. The molecule has 1 amide bonds. The Morgan fingerprint density at radius 3 is 2.56 bits per heavy atom. The number of anilines is 1. The fraction of sp³-hybridized carbons (Fsp3) is 0.333. The monoisotopic (exact) mass is 769 g/mol. The number of carbonyl (C=O) groups is 1. The lowest BCUT2D eigenvalue weighted by Crippen LogP contribution is -2.44. The predicted octanol–water partition coefficient (Wildman–Crippen LogP) is 6.89. The van der Waals surface area contributed by atoms with Gasteiger partial charge in [0.25, 0.3) is 0 Å². The van der Waals surface area contributed by atoms with E-state index < -0.39 is 0 Å². The molecule has 54 heavy (non-hydrogen) atoms. The Morgan fingerprint density at radius 1 is 0.981 bits per heavy atom. The molecule has 0 saturated carbocycles. The van der Waals surface area contributed by atoms with E-state index in [1.807, 2.05) is 43.3 Å². The zero-order valence-electron chi connectivity index (χ0n) is 30.1. The van der Waals surface area contributed by atoms with E-state index in [0.29, 0.717) is 52.0 Å². The maximum atomic E-state index is 11.4. The Kier molecular flexibility index (Phi) is 13.2. The molecular formula is C39H41Cl2N9O4. The van der Waals surface area contributed by atoms with E-state index in [-0.39, 0.29) is 25.2 Å². The first kappa shape index (κ1) is 38.3. The number of H-pyrrole nitrogens is 1. The minimum absolute atomic E-state index is 0.0338. The Balaban J connectivity index is 1.11. The van der Waals surface area contributed by atoms with Crippen LogP contribution in [0.4, 0.5) is 5.95 Å². The van der Waals surface area contributed by atoms with Crippen LogP contribution in [-0.4, -0.2) is 68.7 Å². The average Bonchev–Trinajstić information content (AvgIpc) is 3.70. The number of rotatable bonds is 16. The Labute approximate surface area is 323 Å². The van der Waals surface area contributed by atoms with Crippen LogP contribution in [0.3, 0.4) is 0 Å². The van der Waals surface area contributed by atoms with Crippen molar-refractivity contribution < 1.29 is 19.0 Å². The second-order valence-electron chi connectivity index (χ2n) is 13.0. The lowest BCUT2D eigenvalue weighted by Gasteiger charge is -2.32. The van der Waals surface area contributed by atoms with Crippen molar-refractivity contribution in [2.45, 2.75) is 58.9 Å². The molecule has 0 unspecified atom stereocenters. The number of hydrogen-bond donors (Lipinski definition) is 3. The molecule has 0 radical (unpaired) electrons. The van der Waals surface area contributed by atoms with E-state index >= 15 is 0 Å². The van der Waals surface area contributed by atoms with Crippen molar-refractivity contribution in [3.63, 3.8) is 0 Å². The predicted molar refractivity (Wildman–Crippen MR) is 206 cm³/mol. The molecule has 3 N–H and O–H groups in total. The number of ether oxygens (including phenoxy) is 3. The van der Waals surface area contributed by atoms with Crippen molar-refractivity contribution in [1.29, 1.82) is 5.26 Å². The largest absolute Gasteiger partial charge is 0.492 e. The third-order valence-electron chi connectivity index (χ3n) is 9.18. The van der Waals surface area contributed by atoms with Crippen LogP contribution in [-0.2, 0) is 24.6 Å². The number of aromatic nitrogens is 5. The Morgan fingerprint density at radius 2 is 1.78 bits per heavy atom. The molecule has 1 aliphatic rings. The van der Waals surface area contributed by atoms with E-state index in [0.717, 1.165) is 72.3 Å². The molecule has 2 aromatic heterocycles. The maximum Gasteiger partial charge on any atom is 0.240 e. The number of pyridine rings is 1. The highest BCUT2D eigenvalue weighted by Gasteiger charge is 2.20. The Hall–Kier alpha value is -5.42. The van der Waals surface area contributed by atoms with Gasteiger partial charge in [0.2, 0.25) is 11.9 Å². The van der Waals surface area contributed by atoms with Crippen molar-refractivity contribution >= 4 is 35.1 Å². The summed E-state index contributed by atoms with van der Waals surface area (Å²) < 4.78 is 18.7. The number of halogens is 2. The number of hydrogen-bond acceptors (Lipinski definition) is 11. The summed E-state index contributed by atoms with van der Waals surface area (Å²) >= 11 is 13.7. The van der Waals surface area contributed by atoms with E-state index in [4.69, 9.17) is 37.4 Å². The van der Waals surface area contributed by atoms with Gasteiger partial charge in [0, 0.05) is 74.3 Å². The molecule has 3 heterocycles. The minimum atomic E-state index is 0.0338. The van der Waals surface area contributed by atoms with Gasteiger partial charge in [0.05, 0.1) is 22.2 Å². The highest BCUT2D eigenvalue weighted by molar-refractivity contribution is 6.35. The smallest absolute Gasteiger partial charge is 0.240 e. The number of likely N-dealkylation sites (tertiary alicyclic amines) is 1. The number of nitrogens with zero attached hydrogens (tertiary/aromatic N) is 6. The molecule has 0 atom stereocenters. The maximum absolute atomic E-state index is 11.4. The van der Waals surface area contributed by atoms with Crippen molar-refractivity contribution in [1.82, 2.24) is 35.8 Å². The average molecular weight is 771 g/mol. The number of amides is 1. The third kappa shape index (κ3) is 10.2. The SMILES string of the molecule is CC(=O)NC1CCN(CCCOc2cccc(-c3cccc(COc4cc(OCc5cncc(C#N)c5)c(CNc5nnn[nH]5)cc4Cl)c3C)c2Cl)CC1. The minimum Gasteiger partial charge on any atom is -0.492 e. The number of carbonyl (C=O) groups excluding carboxylic acids is 1. The summed E-state index contributed by atoms with van der Waals surface area (Å²) in [5.41, 5.74) is 5.74. The van der Waals surface area contributed by atoms with Gasteiger partial charge in [0.1, 0.15) is 36.5 Å². The topological polar surface area (TPSA) is 163 Å². The summed E-state index contributed by atoms with van der Waals surface area (Å²) in [6, 6.07) is 19.5. The standard InChI is InChI=1S/C39H41Cl2N9O4/c1-25-29(6-3-7-32(25)33-8-4-9-35(38(33)41)52-15-5-12-50-13-10-31(11-14-50)45-26(2)51)24-54-37-18-36(53-23-28-16-27(19-42)20-43-21-28)30(17-34(37)40)22-44-39-46-48-49-47-39/h3-4,6-9,16-18,20-21,31H,5,10-15,22-24H2,1-2H3,(H,45,51)(H2,44,46,47,48,49). The van der Waals surface area contributed by atoms with E-state index in [9.17, 15) is 10.1 Å². The first-order chi connectivity index (χ1) is 26.3. The van der Waals surface area contributed by atoms with Crippen LogP contribution in [0.25, 0.3) is 11.1 Å². The molecule has 6 rings (SSSR count). The number of nitrogens with one attached hydrogen (secondary N) is 3. The molecule has 1 fully saturated rings. The summed E-state index contributed by atoms with van der Waals surface area (Å²) in [5, 5.41) is 30.1. The third-order valence-corrected chi connectivity index (χ3v) is 9.86. The van der Waals surface area contributed by atoms with Gasteiger partial charge in [-0.05, 0) is 71.5 Å². The quantitative estimate of drug-likeness (QED) is 0.0896. The summed E-state index contributed by atoms with van der Waals surface area (Å²) in [7, 11) is 0. The molecule has 0 aliphatic carbocycles. The van der Waals surface area contributed by atoms with Gasteiger partial charge in [-0.25, -0.2) is 5.10 Å². The van der Waals surface area contributed by atoms with Crippen molar-refractivity contribution in [3.05, 3.63) is 105 Å². The number of piperidine rings is 1. The van der Waals surface area contributed by atoms with E-state index in [1.165, 1.54) is 6.20 Å². The normalized spacial score (nSPS) is 13.2. The van der Waals surface area contributed by atoms with E-state index in [1.54, 1.807) is 31.3 Å². The number of tetrazole rings is 1. The van der Waals surface area contributed by atoms with Gasteiger partial charge in [-0.15, -0.1) is 0 Å². The number of nitriles is 1. The van der Waals surface area contributed by atoms with E-state index in [2.05, 4.69) is 47.2 Å². The van der Waals surface area contributed by atoms with Crippen LogP contribution in [0.1, 0.15) is 54.0 Å². The van der Waals surface area contributed by atoms with Crippen LogP contribution >= 0.6 is 23.2 Å². The fourth-order valence-corrected chi connectivity index (χ4v) is 6.86. The lowest BCUT2D eigenvalue weighted by molar-refractivity contribution is -0.119. The van der Waals surface area contributed by atoms with Gasteiger partial charge >= 0.3 is 0 Å². The summed E-state index contributed by atoms with van der Waals surface area (Å²) in [6.07, 6.45) is 5.95. The van der Waals surface area contributed by atoms with Crippen LogP contribution < -0.4 is 24.8 Å². The Bertz CT molecular complexity index is 2080. The molecule has 1 aliphatic heterocycles. The van der Waals surface area contributed by atoms with Gasteiger partial charge in [-0.1, -0.05) is 58.6 Å². The molecule has 0 bridgehead atoms.